The van der Waals surface area contributed by atoms with Crippen LogP contribution in [0.15, 0.2) is 41.8 Å². The number of amides is 1. The van der Waals surface area contributed by atoms with Crippen LogP contribution in [0.3, 0.4) is 0 Å². The number of hydrogen-bond donors (Lipinski definition) is 4. The van der Waals surface area contributed by atoms with Crippen molar-refractivity contribution in [2.75, 3.05) is 6.54 Å². The standard InChI is InChI=1S/C15H22N4O3S2/c1-5-9-16-24(21,22)12-8-6-7-11(10-12)13(20)18-19-14(23)17-15(2,3)4/h5-8,10,16H,1,9H2,2-4H3,(H,18,20)(H2,17,19,23). The monoisotopic (exact) mass is 370 g/mol. The molecule has 9 heteroatoms. The predicted octanol–water partition coefficient (Wildman–Crippen LogP) is 1.06. The van der Waals surface area contributed by atoms with Gasteiger partial charge in [0.2, 0.25) is 10.0 Å². The van der Waals surface area contributed by atoms with Gasteiger partial charge in [0.05, 0.1) is 4.90 Å². The van der Waals surface area contributed by atoms with Crippen molar-refractivity contribution in [3.05, 3.63) is 42.5 Å². The second kappa shape index (κ2) is 8.22. The molecule has 0 aliphatic heterocycles. The second-order valence-corrected chi connectivity index (χ2v) is 8.13. The van der Waals surface area contributed by atoms with E-state index < -0.39 is 15.9 Å². The molecule has 1 aromatic rings. The zero-order valence-electron chi connectivity index (χ0n) is 13.8. The second-order valence-electron chi connectivity index (χ2n) is 5.95. The molecule has 1 rings (SSSR count). The molecule has 0 unspecified atom stereocenters. The van der Waals surface area contributed by atoms with E-state index in [0.717, 1.165) is 0 Å². The molecule has 0 aliphatic rings. The van der Waals surface area contributed by atoms with Crippen LogP contribution in [0.25, 0.3) is 0 Å². The first kappa shape index (κ1) is 20.1. The minimum absolute atomic E-state index is 0.00704. The van der Waals surface area contributed by atoms with E-state index in [-0.39, 0.29) is 27.7 Å². The van der Waals surface area contributed by atoms with Gasteiger partial charge in [-0.15, -0.1) is 6.58 Å². The van der Waals surface area contributed by atoms with Crippen molar-refractivity contribution in [2.45, 2.75) is 31.2 Å². The van der Waals surface area contributed by atoms with Crippen molar-refractivity contribution in [3.63, 3.8) is 0 Å². The lowest BCUT2D eigenvalue weighted by atomic mass is 10.1. The third-order valence-electron chi connectivity index (χ3n) is 2.60. The van der Waals surface area contributed by atoms with Crippen LogP contribution in [0.1, 0.15) is 31.1 Å². The number of hydrogen-bond acceptors (Lipinski definition) is 4. The molecule has 0 fully saturated rings. The molecule has 0 saturated heterocycles. The van der Waals surface area contributed by atoms with Crippen LogP contribution in [0.4, 0.5) is 0 Å². The Bertz CT molecular complexity index is 724. The van der Waals surface area contributed by atoms with Crippen LogP contribution < -0.4 is 20.9 Å². The maximum Gasteiger partial charge on any atom is 0.269 e. The number of nitrogens with one attached hydrogen (secondary N) is 4. The van der Waals surface area contributed by atoms with Crippen molar-refractivity contribution in [1.82, 2.24) is 20.9 Å². The highest BCUT2D eigenvalue weighted by Crippen LogP contribution is 2.11. The average Bonchev–Trinajstić information content (AvgIpc) is 2.49. The predicted molar refractivity (Wildman–Crippen MR) is 97.9 cm³/mol. The Morgan fingerprint density at radius 3 is 2.54 bits per heavy atom. The Hall–Kier alpha value is -1.97. The summed E-state index contributed by atoms with van der Waals surface area (Å²) in [4.78, 5) is 12.1. The third kappa shape index (κ3) is 6.65. The Kier molecular flexibility index (Phi) is 6.88. The quantitative estimate of drug-likeness (QED) is 0.351. The van der Waals surface area contributed by atoms with Crippen molar-refractivity contribution in [2.24, 2.45) is 0 Å². The van der Waals surface area contributed by atoms with Gasteiger partial charge in [0, 0.05) is 17.6 Å². The van der Waals surface area contributed by atoms with Gasteiger partial charge in [-0.05, 0) is 51.2 Å². The topological polar surface area (TPSA) is 99.3 Å². The number of thiocarbonyl (C=S) groups is 1. The Morgan fingerprint density at radius 1 is 1.29 bits per heavy atom. The average molecular weight is 371 g/mol. The Morgan fingerprint density at radius 2 is 1.96 bits per heavy atom. The van der Waals surface area contributed by atoms with Crippen LogP contribution >= 0.6 is 12.2 Å². The molecule has 0 heterocycles. The maximum absolute atomic E-state index is 12.1. The van der Waals surface area contributed by atoms with E-state index in [1.54, 1.807) is 0 Å². The first-order valence-corrected chi connectivity index (χ1v) is 9.03. The van der Waals surface area contributed by atoms with Gasteiger partial charge in [0.1, 0.15) is 0 Å². The van der Waals surface area contributed by atoms with E-state index in [4.69, 9.17) is 12.2 Å². The number of benzene rings is 1. The lowest BCUT2D eigenvalue weighted by Crippen LogP contribution is -2.52. The maximum atomic E-state index is 12.1. The molecule has 0 atom stereocenters. The van der Waals surface area contributed by atoms with Crippen LogP contribution in [0.5, 0.6) is 0 Å². The van der Waals surface area contributed by atoms with E-state index in [1.807, 2.05) is 20.8 Å². The molecule has 7 nitrogen and oxygen atoms in total. The van der Waals surface area contributed by atoms with Gasteiger partial charge >= 0.3 is 0 Å². The van der Waals surface area contributed by atoms with Gasteiger partial charge < -0.3 is 5.32 Å². The fraction of sp³-hybridized carbons (Fsp3) is 0.333. The molecule has 132 valence electrons. The summed E-state index contributed by atoms with van der Waals surface area (Å²) in [5, 5.41) is 3.23. The summed E-state index contributed by atoms with van der Waals surface area (Å²) in [6.45, 7) is 9.33. The van der Waals surface area contributed by atoms with Gasteiger partial charge in [0.25, 0.3) is 5.91 Å². The van der Waals surface area contributed by atoms with Gasteiger partial charge in [-0.2, -0.15) is 0 Å². The first-order valence-electron chi connectivity index (χ1n) is 7.14. The highest BCUT2D eigenvalue weighted by atomic mass is 32.2. The van der Waals surface area contributed by atoms with Gasteiger partial charge in [-0.25, -0.2) is 13.1 Å². The largest absolute Gasteiger partial charge is 0.357 e. The minimum atomic E-state index is -3.69. The van der Waals surface area contributed by atoms with E-state index in [9.17, 15) is 13.2 Å². The van der Waals surface area contributed by atoms with Crippen LogP contribution in [0, 0.1) is 0 Å². The van der Waals surface area contributed by atoms with E-state index in [2.05, 4.69) is 27.5 Å². The van der Waals surface area contributed by atoms with Gasteiger partial charge in [-0.3, -0.25) is 15.6 Å². The van der Waals surface area contributed by atoms with E-state index in [1.165, 1.54) is 30.3 Å². The summed E-state index contributed by atoms with van der Waals surface area (Å²) in [5.74, 6) is -0.506. The highest BCUT2D eigenvalue weighted by Gasteiger charge is 2.16. The molecule has 24 heavy (non-hydrogen) atoms. The molecule has 0 aromatic heterocycles. The summed E-state index contributed by atoms with van der Waals surface area (Å²) in [5.41, 5.74) is 4.92. The van der Waals surface area contributed by atoms with Crippen LogP contribution in [-0.2, 0) is 10.0 Å². The normalized spacial score (nSPS) is 11.5. The Balaban J connectivity index is 2.77. The first-order chi connectivity index (χ1) is 11.0. The Labute approximate surface area is 147 Å². The number of carbonyl (C=O) groups is 1. The molecule has 1 amide bonds. The molecule has 0 aliphatic carbocycles. The fourth-order valence-corrected chi connectivity index (χ4v) is 3.01. The third-order valence-corrected chi connectivity index (χ3v) is 4.23. The molecule has 0 radical (unpaired) electrons. The van der Waals surface area contributed by atoms with Crippen molar-refractivity contribution < 1.29 is 13.2 Å². The number of sulfonamides is 1. The lowest BCUT2D eigenvalue weighted by Gasteiger charge is -2.23. The zero-order valence-corrected chi connectivity index (χ0v) is 15.5. The summed E-state index contributed by atoms with van der Waals surface area (Å²) in [6, 6.07) is 5.68. The van der Waals surface area contributed by atoms with Crippen molar-refractivity contribution >= 4 is 33.3 Å². The number of carbonyl (C=O) groups excluding carboxylic acids is 1. The van der Waals surface area contributed by atoms with Gasteiger partial charge in [0.15, 0.2) is 5.11 Å². The summed E-state index contributed by atoms with van der Waals surface area (Å²) in [7, 11) is -3.69. The summed E-state index contributed by atoms with van der Waals surface area (Å²) < 4.78 is 26.4. The molecule has 1 aromatic carbocycles. The molecule has 0 saturated carbocycles. The molecule has 0 spiro atoms. The van der Waals surface area contributed by atoms with E-state index >= 15 is 0 Å². The fourth-order valence-electron chi connectivity index (χ4n) is 1.61. The molecule has 0 bridgehead atoms. The molecule has 4 N–H and O–H groups in total. The minimum Gasteiger partial charge on any atom is -0.357 e. The van der Waals surface area contributed by atoms with Crippen molar-refractivity contribution in [1.29, 1.82) is 0 Å². The lowest BCUT2D eigenvalue weighted by molar-refractivity contribution is 0.0943. The highest BCUT2D eigenvalue weighted by molar-refractivity contribution is 7.89. The van der Waals surface area contributed by atoms with Crippen LogP contribution in [-0.4, -0.2) is 31.5 Å². The number of rotatable bonds is 5. The molecular weight excluding hydrogens is 348 g/mol. The summed E-state index contributed by atoms with van der Waals surface area (Å²) >= 11 is 5.05. The SMILES string of the molecule is C=CCNS(=O)(=O)c1cccc(C(=O)NNC(=S)NC(C)(C)C)c1. The smallest absolute Gasteiger partial charge is 0.269 e. The van der Waals surface area contributed by atoms with Crippen molar-refractivity contribution in [3.8, 4) is 0 Å². The van der Waals surface area contributed by atoms with Gasteiger partial charge in [-0.1, -0.05) is 12.1 Å². The summed E-state index contributed by atoms with van der Waals surface area (Å²) in [6.07, 6.45) is 1.43. The zero-order chi connectivity index (χ0) is 18.4. The van der Waals surface area contributed by atoms with E-state index in [0.29, 0.717) is 0 Å². The molecular formula is C15H22N4O3S2. The van der Waals surface area contributed by atoms with Crippen LogP contribution in [0.2, 0.25) is 0 Å². The number of hydrazine groups is 1.